The number of carbonyl (C=O) groups excluding carboxylic acids is 1. The van der Waals surface area contributed by atoms with Gasteiger partial charge in [0.25, 0.3) is 0 Å². The number of aryl methyl sites for hydroxylation is 3. The zero-order chi connectivity index (χ0) is 19.2. The van der Waals surface area contributed by atoms with E-state index >= 15 is 0 Å². The first-order valence-electron chi connectivity index (χ1n) is 9.55. The van der Waals surface area contributed by atoms with Gasteiger partial charge in [-0.15, -0.1) is 0 Å². The molecule has 0 aliphatic heterocycles. The molecular formula is C19H34N6O. The van der Waals surface area contributed by atoms with Crippen molar-refractivity contribution in [2.75, 3.05) is 34.2 Å². The molecule has 26 heavy (non-hydrogen) atoms. The van der Waals surface area contributed by atoms with Gasteiger partial charge < -0.3 is 15.5 Å². The summed E-state index contributed by atoms with van der Waals surface area (Å²) in [5, 5.41) is 11.2. The first-order valence-corrected chi connectivity index (χ1v) is 9.55. The fourth-order valence-electron chi connectivity index (χ4n) is 3.80. The van der Waals surface area contributed by atoms with Crippen LogP contribution in [-0.4, -0.2) is 60.8 Å². The maximum Gasteiger partial charge on any atom is 0.230 e. The molecule has 0 aromatic carbocycles. The molecule has 1 aliphatic carbocycles. The van der Waals surface area contributed by atoms with Crippen molar-refractivity contribution in [3.8, 4) is 0 Å². The Bertz CT molecular complexity index is 628. The third-order valence-electron chi connectivity index (χ3n) is 5.18. The number of hydrogen-bond acceptors (Lipinski definition) is 3. The van der Waals surface area contributed by atoms with Crippen LogP contribution in [0.1, 0.15) is 43.5 Å². The molecule has 0 atom stereocenters. The number of nitrogens with zero attached hydrogens (tertiary/aromatic N) is 4. The Labute approximate surface area is 157 Å². The van der Waals surface area contributed by atoms with Crippen LogP contribution in [0.2, 0.25) is 0 Å². The average Bonchev–Trinajstić information content (AvgIpc) is 3.20. The number of amides is 1. The van der Waals surface area contributed by atoms with Crippen molar-refractivity contribution in [2.24, 2.45) is 10.4 Å². The van der Waals surface area contributed by atoms with Gasteiger partial charge in [-0.05, 0) is 39.2 Å². The summed E-state index contributed by atoms with van der Waals surface area (Å²) in [6, 6.07) is 2.09. The number of nitrogens with one attached hydrogen (secondary N) is 2. The van der Waals surface area contributed by atoms with Crippen molar-refractivity contribution in [1.29, 1.82) is 0 Å². The van der Waals surface area contributed by atoms with Gasteiger partial charge in [0.05, 0.1) is 11.1 Å². The van der Waals surface area contributed by atoms with Gasteiger partial charge in [-0.2, -0.15) is 5.10 Å². The summed E-state index contributed by atoms with van der Waals surface area (Å²) in [5.41, 5.74) is 1.96. The van der Waals surface area contributed by atoms with E-state index in [1.165, 1.54) is 5.69 Å². The maximum atomic E-state index is 12.6. The second-order valence-corrected chi connectivity index (χ2v) is 7.54. The van der Waals surface area contributed by atoms with Crippen LogP contribution in [-0.2, 0) is 11.3 Å². The highest BCUT2D eigenvalue weighted by Crippen LogP contribution is 2.38. The zero-order valence-corrected chi connectivity index (χ0v) is 16.9. The highest BCUT2D eigenvalue weighted by atomic mass is 16.2. The molecular weight excluding hydrogens is 328 g/mol. The first-order chi connectivity index (χ1) is 12.4. The van der Waals surface area contributed by atoms with Gasteiger partial charge in [0.15, 0.2) is 5.96 Å². The third-order valence-corrected chi connectivity index (χ3v) is 5.18. The van der Waals surface area contributed by atoms with Crippen molar-refractivity contribution < 1.29 is 4.79 Å². The summed E-state index contributed by atoms with van der Waals surface area (Å²) < 4.78 is 2.04. The molecule has 1 aromatic rings. The lowest BCUT2D eigenvalue weighted by Crippen LogP contribution is -2.49. The Morgan fingerprint density at radius 2 is 2.00 bits per heavy atom. The second-order valence-electron chi connectivity index (χ2n) is 7.54. The van der Waals surface area contributed by atoms with E-state index in [4.69, 9.17) is 0 Å². The van der Waals surface area contributed by atoms with Crippen LogP contribution in [0.15, 0.2) is 11.1 Å². The topological polar surface area (TPSA) is 74.5 Å². The minimum Gasteiger partial charge on any atom is -0.356 e. The standard InChI is InChI=1S/C19H34N6O/c1-15-13-16(2)25(23-15)12-8-11-21-18(20-3)22-14-19(9-6-7-10-19)17(26)24(4)5/h13H,6-12,14H2,1-5H3,(H2,20,21,22). The smallest absolute Gasteiger partial charge is 0.230 e. The lowest BCUT2D eigenvalue weighted by molar-refractivity contribution is -0.138. The molecule has 2 rings (SSSR count). The third kappa shape index (κ3) is 4.99. The van der Waals surface area contributed by atoms with E-state index in [0.29, 0.717) is 6.54 Å². The maximum absolute atomic E-state index is 12.6. The van der Waals surface area contributed by atoms with E-state index in [1.807, 2.05) is 25.7 Å². The molecule has 146 valence electrons. The molecule has 0 radical (unpaired) electrons. The second kappa shape index (κ2) is 9.05. The normalized spacial score (nSPS) is 16.6. The molecule has 7 nitrogen and oxygen atoms in total. The molecule has 1 saturated carbocycles. The van der Waals surface area contributed by atoms with Gasteiger partial charge >= 0.3 is 0 Å². The van der Waals surface area contributed by atoms with Crippen molar-refractivity contribution >= 4 is 11.9 Å². The number of guanidine groups is 1. The SMILES string of the molecule is CN=C(NCCCn1nc(C)cc1C)NCC1(C(=O)N(C)C)CCCC1. The molecule has 1 aromatic heterocycles. The van der Waals surface area contributed by atoms with Crippen molar-refractivity contribution in [2.45, 2.75) is 52.5 Å². The summed E-state index contributed by atoms with van der Waals surface area (Å²) in [4.78, 5) is 18.7. The van der Waals surface area contributed by atoms with Crippen LogP contribution < -0.4 is 10.6 Å². The Balaban J connectivity index is 1.80. The predicted molar refractivity (Wildman–Crippen MR) is 105 cm³/mol. The fraction of sp³-hybridized carbons (Fsp3) is 0.737. The summed E-state index contributed by atoms with van der Waals surface area (Å²) >= 11 is 0. The summed E-state index contributed by atoms with van der Waals surface area (Å²) in [6.45, 7) is 6.43. The van der Waals surface area contributed by atoms with Crippen LogP contribution >= 0.6 is 0 Å². The molecule has 1 heterocycles. The van der Waals surface area contributed by atoms with Crippen LogP contribution in [0, 0.1) is 19.3 Å². The van der Waals surface area contributed by atoms with E-state index in [9.17, 15) is 4.79 Å². The monoisotopic (exact) mass is 362 g/mol. The summed E-state index contributed by atoms with van der Waals surface area (Å²) in [5.74, 6) is 0.985. The van der Waals surface area contributed by atoms with Gasteiger partial charge in [0.2, 0.25) is 5.91 Å². The van der Waals surface area contributed by atoms with E-state index in [0.717, 1.165) is 56.8 Å². The van der Waals surface area contributed by atoms with E-state index in [1.54, 1.807) is 11.9 Å². The number of aliphatic imine (C=N–C) groups is 1. The lowest BCUT2D eigenvalue weighted by atomic mass is 9.84. The molecule has 7 heteroatoms. The first kappa shape index (κ1) is 20.3. The number of carbonyl (C=O) groups is 1. The zero-order valence-electron chi connectivity index (χ0n) is 16.9. The van der Waals surface area contributed by atoms with E-state index < -0.39 is 0 Å². The Morgan fingerprint density at radius 3 is 2.54 bits per heavy atom. The van der Waals surface area contributed by atoms with Crippen molar-refractivity contribution in [3.05, 3.63) is 17.5 Å². The van der Waals surface area contributed by atoms with Gasteiger partial charge in [-0.3, -0.25) is 14.5 Å². The van der Waals surface area contributed by atoms with Crippen molar-refractivity contribution in [3.63, 3.8) is 0 Å². The van der Waals surface area contributed by atoms with E-state index in [-0.39, 0.29) is 11.3 Å². The molecule has 1 amide bonds. The average molecular weight is 363 g/mol. The van der Waals surface area contributed by atoms with E-state index in [2.05, 4.69) is 33.7 Å². The summed E-state index contributed by atoms with van der Waals surface area (Å²) in [6.07, 6.45) is 5.11. The molecule has 2 N–H and O–H groups in total. The quantitative estimate of drug-likeness (QED) is 0.440. The highest BCUT2D eigenvalue weighted by molar-refractivity contribution is 5.85. The number of hydrogen-bond donors (Lipinski definition) is 2. The molecule has 0 saturated heterocycles. The van der Waals surface area contributed by atoms with Crippen molar-refractivity contribution in [1.82, 2.24) is 25.3 Å². The Morgan fingerprint density at radius 1 is 1.31 bits per heavy atom. The highest BCUT2D eigenvalue weighted by Gasteiger charge is 2.42. The van der Waals surface area contributed by atoms with Crippen LogP contribution in [0.3, 0.4) is 0 Å². The fourth-order valence-corrected chi connectivity index (χ4v) is 3.80. The molecule has 1 aliphatic rings. The van der Waals surface area contributed by atoms with Gasteiger partial charge in [0.1, 0.15) is 0 Å². The number of aromatic nitrogens is 2. The summed E-state index contributed by atoms with van der Waals surface area (Å²) in [7, 11) is 5.45. The minimum absolute atomic E-state index is 0.225. The molecule has 0 spiro atoms. The molecule has 0 unspecified atom stereocenters. The van der Waals surface area contributed by atoms with Crippen LogP contribution in [0.25, 0.3) is 0 Å². The van der Waals surface area contributed by atoms with Gasteiger partial charge in [0, 0.05) is 46.5 Å². The van der Waals surface area contributed by atoms with Gasteiger partial charge in [-0.1, -0.05) is 12.8 Å². The lowest BCUT2D eigenvalue weighted by Gasteiger charge is -2.31. The predicted octanol–water partition coefficient (Wildman–Crippen LogP) is 1.70. The Hall–Kier alpha value is -2.05. The number of rotatable bonds is 7. The molecule has 1 fully saturated rings. The van der Waals surface area contributed by atoms with Gasteiger partial charge in [-0.25, -0.2) is 0 Å². The van der Waals surface area contributed by atoms with Crippen LogP contribution in [0.4, 0.5) is 0 Å². The molecule has 0 bridgehead atoms. The largest absolute Gasteiger partial charge is 0.356 e. The Kier molecular flexibility index (Phi) is 7.06. The minimum atomic E-state index is -0.287. The van der Waals surface area contributed by atoms with Crippen LogP contribution in [0.5, 0.6) is 0 Å².